The molecule has 1 saturated heterocycles. The fourth-order valence-corrected chi connectivity index (χ4v) is 3.42. The third kappa shape index (κ3) is 3.77. The zero-order valence-electron chi connectivity index (χ0n) is 13.3. The first-order valence-electron chi connectivity index (χ1n) is 7.76. The molecule has 0 aromatic heterocycles. The van der Waals surface area contributed by atoms with E-state index in [4.69, 9.17) is 0 Å². The van der Waals surface area contributed by atoms with Crippen molar-refractivity contribution in [1.82, 2.24) is 5.32 Å². The molecule has 0 saturated carbocycles. The molecule has 1 amide bonds. The number of benzene rings is 2. The first kappa shape index (κ1) is 15.7. The van der Waals surface area contributed by atoms with Crippen molar-refractivity contribution in [2.45, 2.75) is 25.8 Å². The van der Waals surface area contributed by atoms with Crippen LogP contribution in [0.1, 0.15) is 23.6 Å². The molecular weight excluding hydrogens is 304 g/mol. The van der Waals surface area contributed by atoms with E-state index in [1.54, 1.807) is 0 Å². The van der Waals surface area contributed by atoms with Gasteiger partial charge in [-0.15, -0.1) is 0 Å². The zero-order valence-corrected chi connectivity index (χ0v) is 14.1. The number of anilines is 1. The number of thioether (sulfide) groups is 1. The van der Waals surface area contributed by atoms with Gasteiger partial charge in [-0.3, -0.25) is 4.79 Å². The number of amides is 1. The average Bonchev–Trinajstić information content (AvgIpc) is 2.90. The molecule has 23 heavy (non-hydrogen) atoms. The third-order valence-corrected chi connectivity index (χ3v) is 4.89. The van der Waals surface area contributed by atoms with Crippen LogP contribution in [0.2, 0.25) is 0 Å². The van der Waals surface area contributed by atoms with Gasteiger partial charge in [-0.25, -0.2) is 0 Å². The van der Waals surface area contributed by atoms with E-state index in [0.29, 0.717) is 0 Å². The van der Waals surface area contributed by atoms with Crippen LogP contribution in [0.5, 0.6) is 0 Å². The summed E-state index contributed by atoms with van der Waals surface area (Å²) in [6.45, 7) is 4.19. The van der Waals surface area contributed by atoms with Crippen LogP contribution in [0.3, 0.4) is 0 Å². The van der Waals surface area contributed by atoms with E-state index < -0.39 is 0 Å². The lowest BCUT2D eigenvalue weighted by molar-refractivity contribution is -0.116. The number of rotatable bonds is 4. The molecule has 1 aliphatic heterocycles. The first-order chi connectivity index (χ1) is 11.2. The fourth-order valence-electron chi connectivity index (χ4n) is 2.44. The van der Waals surface area contributed by atoms with Crippen LogP contribution in [0.15, 0.2) is 53.4 Å². The van der Waals surface area contributed by atoms with Gasteiger partial charge in [0, 0.05) is 5.69 Å². The van der Waals surface area contributed by atoms with Gasteiger partial charge in [0.1, 0.15) is 0 Å². The summed E-state index contributed by atoms with van der Waals surface area (Å²) in [6, 6.07) is 16.4. The van der Waals surface area contributed by atoms with Gasteiger partial charge in [-0.2, -0.15) is 0 Å². The molecule has 118 valence electrons. The SMILES string of the molecule is CCc1ccc(N[C@@H]2NC(=O)/C(=C/c3ccccc3C)S2)cc1. The van der Waals surface area contributed by atoms with Crippen molar-refractivity contribution in [3.05, 3.63) is 70.1 Å². The van der Waals surface area contributed by atoms with E-state index in [1.165, 1.54) is 22.9 Å². The highest BCUT2D eigenvalue weighted by Crippen LogP contribution is 2.30. The number of carbonyl (C=O) groups is 1. The highest BCUT2D eigenvalue weighted by molar-refractivity contribution is 8.05. The molecular formula is C19H20N2OS. The molecule has 2 N–H and O–H groups in total. The van der Waals surface area contributed by atoms with Crippen molar-refractivity contribution < 1.29 is 4.79 Å². The molecule has 0 spiro atoms. The summed E-state index contributed by atoms with van der Waals surface area (Å²) in [4.78, 5) is 12.9. The summed E-state index contributed by atoms with van der Waals surface area (Å²) in [7, 11) is 0. The molecule has 0 bridgehead atoms. The second kappa shape index (κ2) is 6.92. The standard InChI is InChI=1S/C19H20N2OS/c1-3-14-8-10-16(11-9-14)20-19-21-18(22)17(23-19)12-15-7-5-4-6-13(15)2/h4-12,19-20H,3H2,1-2H3,(H,21,22)/b17-12-/t19-/m1/s1. The molecule has 1 fully saturated rings. The van der Waals surface area contributed by atoms with E-state index in [1.807, 2.05) is 24.3 Å². The molecule has 4 heteroatoms. The van der Waals surface area contributed by atoms with E-state index in [-0.39, 0.29) is 11.4 Å². The molecule has 2 aromatic carbocycles. The summed E-state index contributed by atoms with van der Waals surface area (Å²) in [5.74, 6) is -0.0269. The largest absolute Gasteiger partial charge is 0.357 e. The van der Waals surface area contributed by atoms with E-state index >= 15 is 0 Å². The molecule has 0 unspecified atom stereocenters. The smallest absolute Gasteiger partial charge is 0.260 e. The summed E-state index contributed by atoms with van der Waals surface area (Å²) in [6.07, 6.45) is 2.98. The Morgan fingerprint density at radius 2 is 1.91 bits per heavy atom. The van der Waals surface area contributed by atoms with Crippen molar-refractivity contribution in [2.75, 3.05) is 5.32 Å². The van der Waals surface area contributed by atoms with Crippen molar-refractivity contribution in [2.24, 2.45) is 0 Å². The topological polar surface area (TPSA) is 41.1 Å². The monoisotopic (exact) mass is 324 g/mol. The Balaban J connectivity index is 1.70. The summed E-state index contributed by atoms with van der Waals surface area (Å²) in [5.41, 5.74) is 4.43. The van der Waals surface area contributed by atoms with Crippen molar-refractivity contribution in [1.29, 1.82) is 0 Å². The Bertz CT molecular complexity index is 737. The number of hydrogen-bond donors (Lipinski definition) is 2. The van der Waals surface area contributed by atoms with Gasteiger partial charge in [0.05, 0.1) is 4.91 Å². The Morgan fingerprint density at radius 1 is 1.17 bits per heavy atom. The normalized spacial score (nSPS) is 19.0. The maximum absolute atomic E-state index is 12.2. The van der Waals surface area contributed by atoms with Crippen LogP contribution in [0.4, 0.5) is 5.69 Å². The molecule has 2 aromatic rings. The molecule has 1 heterocycles. The van der Waals surface area contributed by atoms with E-state index in [0.717, 1.165) is 22.6 Å². The molecule has 0 aliphatic carbocycles. The maximum Gasteiger partial charge on any atom is 0.260 e. The quantitative estimate of drug-likeness (QED) is 0.830. The second-order valence-corrected chi connectivity index (χ2v) is 6.68. The molecule has 3 nitrogen and oxygen atoms in total. The highest BCUT2D eigenvalue weighted by Gasteiger charge is 2.27. The predicted octanol–water partition coefficient (Wildman–Crippen LogP) is 4.16. The van der Waals surface area contributed by atoms with Crippen LogP contribution in [-0.4, -0.2) is 11.4 Å². The van der Waals surface area contributed by atoms with Crippen LogP contribution in [0, 0.1) is 6.92 Å². The minimum atomic E-state index is -0.134. The van der Waals surface area contributed by atoms with Crippen molar-refractivity contribution in [3.8, 4) is 0 Å². The Hall–Kier alpha value is -2.20. The molecule has 1 atom stereocenters. The fraction of sp³-hybridized carbons (Fsp3) is 0.211. The van der Waals surface area contributed by atoms with Gasteiger partial charge >= 0.3 is 0 Å². The van der Waals surface area contributed by atoms with Gasteiger partial charge in [0.15, 0.2) is 5.50 Å². The number of carbonyl (C=O) groups excluding carboxylic acids is 1. The lowest BCUT2D eigenvalue weighted by Crippen LogP contribution is -2.30. The van der Waals surface area contributed by atoms with Crippen molar-refractivity contribution in [3.63, 3.8) is 0 Å². The van der Waals surface area contributed by atoms with Gasteiger partial charge < -0.3 is 10.6 Å². The van der Waals surface area contributed by atoms with Crippen LogP contribution in [-0.2, 0) is 11.2 Å². The molecule has 3 rings (SSSR count). The van der Waals surface area contributed by atoms with Gasteiger partial charge in [0.2, 0.25) is 0 Å². The number of hydrogen-bond acceptors (Lipinski definition) is 3. The van der Waals surface area contributed by atoms with Gasteiger partial charge in [0.25, 0.3) is 5.91 Å². The summed E-state index contributed by atoms with van der Waals surface area (Å²) in [5, 5.41) is 6.31. The lowest BCUT2D eigenvalue weighted by atomic mass is 10.1. The maximum atomic E-state index is 12.2. The first-order valence-corrected chi connectivity index (χ1v) is 8.64. The predicted molar refractivity (Wildman–Crippen MR) is 98.1 cm³/mol. The Kier molecular flexibility index (Phi) is 4.72. The molecule has 0 radical (unpaired) electrons. The number of nitrogens with one attached hydrogen (secondary N) is 2. The van der Waals surface area contributed by atoms with Crippen molar-refractivity contribution >= 4 is 29.4 Å². The summed E-state index contributed by atoms with van der Waals surface area (Å²) < 4.78 is 0. The van der Waals surface area contributed by atoms with Gasteiger partial charge in [-0.1, -0.05) is 55.1 Å². The summed E-state index contributed by atoms with van der Waals surface area (Å²) >= 11 is 1.52. The molecule has 1 aliphatic rings. The third-order valence-electron chi connectivity index (χ3n) is 3.87. The average molecular weight is 324 g/mol. The lowest BCUT2D eigenvalue weighted by Gasteiger charge is -2.12. The zero-order chi connectivity index (χ0) is 16.2. The Morgan fingerprint density at radius 3 is 2.61 bits per heavy atom. The van der Waals surface area contributed by atoms with Crippen LogP contribution in [0.25, 0.3) is 6.08 Å². The van der Waals surface area contributed by atoms with Gasteiger partial charge in [-0.05, 0) is 48.2 Å². The minimum absolute atomic E-state index is 0.0269. The van der Waals surface area contributed by atoms with E-state index in [2.05, 4.69) is 54.8 Å². The minimum Gasteiger partial charge on any atom is -0.357 e. The van der Waals surface area contributed by atoms with Crippen LogP contribution < -0.4 is 10.6 Å². The highest BCUT2D eigenvalue weighted by atomic mass is 32.2. The van der Waals surface area contributed by atoms with Crippen LogP contribution >= 0.6 is 11.8 Å². The Labute approximate surface area is 141 Å². The second-order valence-electron chi connectivity index (χ2n) is 5.53. The number of aryl methyl sites for hydroxylation is 2. The van der Waals surface area contributed by atoms with E-state index in [9.17, 15) is 4.79 Å².